The number of halogens is 2. The summed E-state index contributed by atoms with van der Waals surface area (Å²) in [6, 6.07) is 15.0. The number of carbonyl (C=O) groups is 2. The molecule has 3 amide bonds. The third kappa shape index (κ3) is 6.17. The lowest BCUT2D eigenvalue weighted by atomic mass is 10.1. The van der Waals surface area contributed by atoms with Crippen molar-refractivity contribution in [2.45, 2.75) is 9.79 Å². The van der Waals surface area contributed by atoms with Gasteiger partial charge < -0.3 is 10.6 Å². The standard InChI is InChI=1S/C24H18Cl2N4O6S2/c25-18-5-1-3-7-21(18)37(33,34)29-23(31)16-10-9-15-13-17(11-12-20(15)27-14-16)28-24(32)30-38(35,36)22-8-4-2-6-19(22)26/h1-14,27H,(H,29,31)(H2,28,30,32). The molecule has 0 aliphatic carbocycles. The lowest BCUT2D eigenvalue weighted by Gasteiger charge is -2.11. The number of nitrogens with one attached hydrogen (secondary N) is 4. The lowest BCUT2D eigenvalue weighted by Crippen LogP contribution is -2.34. The number of hydrogen-bond acceptors (Lipinski definition) is 7. The molecule has 0 aromatic heterocycles. The van der Waals surface area contributed by atoms with Crippen molar-refractivity contribution in [3.63, 3.8) is 0 Å². The fourth-order valence-corrected chi connectivity index (χ4v) is 6.25. The van der Waals surface area contributed by atoms with Gasteiger partial charge in [0.05, 0.1) is 15.6 Å². The molecule has 38 heavy (non-hydrogen) atoms. The van der Waals surface area contributed by atoms with Crippen molar-refractivity contribution in [3.05, 3.63) is 100 Å². The van der Waals surface area contributed by atoms with Gasteiger partial charge in [0.25, 0.3) is 26.0 Å². The van der Waals surface area contributed by atoms with Crippen LogP contribution in [0.15, 0.2) is 94.4 Å². The van der Waals surface area contributed by atoms with Crippen LogP contribution < -0.4 is 20.1 Å². The van der Waals surface area contributed by atoms with Crippen molar-refractivity contribution in [3.8, 4) is 0 Å². The smallest absolute Gasteiger partial charge is 0.333 e. The molecule has 0 fully saturated rings. The summed E-state index contributed by atoms with van der Waals surface area (Å²) in [6.45, 7) is 0. The quantitative estimate of drug-likeness (QED) is 0.332. The summed E-state index contributed by atoms with van der Waals surface area (Å²) < 4.78 is 54.0. The minimum atomic E-state index is -4.22. The number of anilines is 2. The maximum absolute atomic E-state index is 12.7. The monoisotopic (exact) mass is 592 g/mol. The van der Waals surface area contributed by atoms with E-state index in [4.69, 9.17) is 23.2 Å². The molecule has 0 bridgehead atoms. The van der Waals surface area contributed by atoms with Crippen molar-refractivity contribution in [2.75, 3.05) is 10.6 Å². The third-order valence-corrected chi connectivity index (χ3v) is 8.77. The van der Waals surface area contributed by atoms with Gasteiger partial charge in [-0.15, -0.1) is 0 Å². The topological polar surface area (TPSA) is 151 Å². The maximum Gasteiger partial charge on any atom is 0.333 e. The van der Waals surface area contributed by atoms with E-state index < -0.39 is 32.0 Å². The zero-order valence-corrected chi connectivity index (χ0v) is 22.2. The van der Waals surface area contributed by atoms with Crippen LogP contribution in [0.3, 0.4) is 0 Å². The fraction of sp³-hybridized carbons (Fsp3) is 0. The van der Waals surface area contributed by atoms with Gasteiger partial charge >= 0.3 is 6.03 Å². The van der Waals surface area contributed by atoms with E-state index in [0.29, 0.717) is 11.3 Å². The van der Waals surface area contributed by atoms with Crippen LogP contribution in [0.2, 0.25) is 10.0 Å². The van der Waals surface area contributed by atoms with Crippen LogP contribution in [0.5, 0.6) is 0 Å². The highest BCUT2D eigenvalue weighted by Gasteiger charge is 2.23. The van der Waals surface area contributed by atoms with Gasteiger partial charge in [-0.3, -0.25) is 4.79 Å². The van der Waals surface area contributed by atoms with Gasteiger partial charge in [0, 0.05) is 17.6 Å². The van der Waals surface area contributed by atoms with Gasteiger partial charge in [-0.05, 0) is 54.1 Å². The Morgan fingerprint density at radius 3 is 1.92 bits per heavy atom. The zero-order chi connectivity index (χ0) is 27.5. The Morgan fingerprint density at radius 1 is 0.737 bits per heavy atom. The Balaban J connectivity index is 1.46. The van der Waals surface area contributed by atoms with Crippen molar-refractivity contribution in [1.82, 2.24) is 9.44 Å². The molecule has 1 aliphatic heterocycles. The van der Waals surface area contributed by atoms with E-state index in [1.807, 2.05) is 9.44 Å². The Kier molecular flexibility index (Phi) is 7.78. The first-order chi connectivity index (χ1) is 18.0. The lowest BCUT2D eigenvalue weighted by molar-refractivity contribution is -0.115. The number of benzene rings is 3. The number of urea groups is 1. The maximum atomic E-state index is 12.7. The first-order valence-electron chi connectivity index (χ1n) is 10.7. The minimum absolute atomic E-state index is 0.00471. The molecule has 0 saturated carbocycles. The molecule has 1 aliphatic rings. The molecule has 1 heterocycles. The second-order valence-electron chi connectivity index (χ2n) is 7.73. The molecule has 0 atom stereocenters. The summed E-state index contributed by atoms with van der Waals surface area (Å²) in [5.41, 5.74) is 1.30. The molecule has 0 spiro atoms. The highest BCUT2D eigenvalue weighted by Crippen LogP contribution is 2.26. The summed E-state index contributed by atoms with van der Waals surface area (Å²) in [6.07, 6.45) is 4.21. The summed E-state index contributed by atoms with van der Waals surface area (Å²) in [5.74, 6) is -0.899. The number of rotatable bonds is 6. The molecule has 3 aromatic carbocycles. The van der Waals surface area contributed by atoms with Crippen LogP contribution in [0, 0.1) is 0 Å². The number of hydrogen-bond donors (Lipinski definition) is 4. The Morgan fingerprint density at radius 2 is 1.32 bits per heavy atom. The van der Waals surface area contributed by atoms with Crippen LogP contribution in [0.25, 0.3) is 6.08 Å². The Hall–Kier alpha value is -3.84. The van der Waals surface area contributed by atoms with Gasteiger partial charge in [-0.25, -0.2) is 31.1 Å². The average molecular weight is 593 g/mol. The van der Waals surface area contributed by atoms with E-state index in [0.717, 1.165) is 0 Å². The van der Waals surface area contributed by atoms with E-state index in [1.54, 1.807) is 18.2 Å². The van der Waals surface area contributed by atoms with Gasteiger partial charge in [0.2, 0.25) is 0 Å². The van der Waals surface area contributed by atoms with Gasteiger partial charge in [0.1, 0.15) is 9.79 Å². The first kappa shape index (κ1) is 27.2. The highest BCUT2D eigenvalue weighted by atomic mass is 35.5. The number of sulfonamides is 2. The number of carbonyl (C=O) groups excluding carboxylic acids is 2. The summed E-state index contributed by atoms with van der Waals surface area (Å²) in [7, 11) is -8.44. The predicted molar refractivity (Wildman–Crippen MR) is 145 cm³/mol. The second kappa shape index (κ2) is 10.9. The van der Waals surface area contributed by atoms with Crippen molar-refractivity contribution in [2.24, 2.45) is 0 Å². The molecule has 0 saturated heterocycles. The van der Waals surface area contributed by atoms with Crippen LogP contribution in [-0.2, 0) is 24.8 Å². The minimum Gasteiger partial charge on any atom is -0.360 e. The van der Waals surface area contributed by atoms with E-state index in [9.17, 15) is 26.4 Å². The van der Waals surface area contributed by atoms with Gasteiger partial charge in [0.15, 0.2) is 0 Å². The highest BCUT2D eigenvalue weighted by molar-refractivity contribution is 7.90. The fourth-order valence-electron chi connectivity index (χ4n) is 3.33. The van der Waals surface area contributed by atoms with Crippen LogP contribution >= 0.6 is 23.2 Å². The molecule has 4 N–H and O–H groups in total. The SMILES string of the molecule is O=C(Nc1ccc2c(c1)C=CC(C(=O)NS(=O)(=O)c1ccccc1Cl)=CN2)NS(=O)(=O)c1ccccc1Cl. The molecule has 10 nitrogen and oxygen atoms in total. The molecular formula is C24H18Cl2N4O6S2. The molecule has 3 aromatic rings. The molecule has 0 radical (unpaired) electrons. The normalized spacial score (nSPS) is 12.8. The van der Waals surface area contributed by atoms with E-state index >= 15 is 0 Å². The van der Waals surface area contributed by atoms with E-state index in [1.165, 1.54) is 66.9 Å². The summed E-state index contributed by atoms with van der Waals surface area (Å²) >= 11 is 11.9. The molecule has 14 heteroatoms. The second-order valence-corrected chi connectivity index (χ2v) is 11.9. The Bertz CT molecular complexity index is 1720. The molecule has 0 unspecified atom stereocenters. The van der Waals surface area contributed by atoms with Crippen LogP contribution in [-0.4, -0.2) is 28.8 Å². The van der Waals surface area contributed by atoms with Gasteiger partial charge in [-0.2, -0.15) is 0 Å². The van der Waals surface area contributed by atoms with Crippen LogP contribution in [0.4, 0.5) is 16.2 Å². The first-order valence-corrected chi connectivity index (χ1v) is 14.4. The van der Waals surface area contributed by atoms with Crippen molar-refractivity contribution < 1.29 is 26.4 Å². The number of amides is 3. The van der Waals surface area contributed by atoms with Gasteiger partial charge in [-0.1, -0.05) is 53.5 Å². The third-order valence-electron chi connectivity index (χ3n) is 5.10. The summed E-state index contributed by atoms with van der Waals surface area (Å²) in [5, 5.41) is 5.24. The Labute approximate surface area is 228 Å². The van der Waals surface area contributed by atoms with E-state index in [-0.39, 0.29) is 31.1 Å². The van der Waals surface area contributed by atoms with E-state index in [2.05, 4.69) is 10.6 Å². The van der Waals surface area contributed by atoms with Crippen molar-refractivity contribution >= 4 is 72.6 Å². The predicted octanol–water partition coefficient (Wildman–Crippen LogP) is 4.33. The molecule has 196 valence electrons. The largest absolute Gasteiger partial charge is 0.360 e. The summed E-state index contributed by atoms with van der Waals surface area (Å²) in [4.78, 5) is 24.5. The zero-order valence-electron chi connectivity index (χ0n) is 19.1. The van der Waals surface area contributed by atoms with Crippen molar-refractivity contribution in [1.29, 1.82) is 0 Å². The molecule has 4 rings (SSSR count). The average Bonchev–Trinajstić information content (AvgIpc) is 3.06. The van der Waals surface area contributed by atoms with Crippen LogP contribution in [0.1, 0.15) is 5.56 Å². The number of fused-ring (bicyclic) bond motifs is 1. The molecular weight excluding hydrogens is 575 g/mol.